The summed E-state index contributed by atoms with van der Waals surface area (Å²) in [6, 6.07) is 1.47. The van der Waals surface area contributed by atoms with E-state index in [0.717, 1.165) is 0 Å². The summed E-state index contributed by atoms with van der Waals surface area (Å²) < 4.78 is 12.8. The molecule has 0 aliphatic rings. The molecule has 0 aliphatic heterocycles. The highest BCUT2D eigenvalue weighted by Gasteiger charge is 2.15. The zero-order valence-corrected chi connectivity index (χ0v) is 7.06. The van der Waals surface area contributed by atoms with Crippen molar-refractivity contribution in [2.75, 3.05) is 6.26 Å². The third kappa shape index (κ3) is 1.55. The maximum Gasteiger partial charge on any atom is 0.341 e. The minimum atomic E-state index is -1.29. The van der Waals surface area contributed by atoms with Gasteiger partial charge in [0.15, 0.2) is 0 Å². The van der Waals surface area contributed by atoms with Crippen LogP contribution in [0.15, 0.2) is 17.2 Å². The molecule has 0 aliphatic carbocycles. The van der Waals surface area contributed by atoms with Crippen molar-refractivity contribution in [1.29, 1.82) is 0 Å². The first-order chi connectivity index (χ1) is 5.66. The normalized spacial score (nSPS) is 9.83. The van der Waals surface area contributed by atoms with Gasteiger partial charge in [-0.1, -0.05) is 0 Å². The Bertz CT molecular complexity index is 316. The van der Waals surface area contributed by atoms with Gasteiger partial charge in [-0.25, -0.2) is 9.78 Å². The first-order valence-electron chi connectivity index (χ1n) is 3.08. The quantitative estimate of drug-likeness (QED) is 0.564. The van der Waals surface area contributed by atoms with Gasteiger partial charge in [-0.3, -0.25) is 0 Å². The van der Waals surface area contributed by atoms with Crippen LogP contribution in [-0.4, -0.2) is 22.3 Å². The molecule has 0 atom stereocenters. The van der Waals surface area contributed by atoms with Crippen molar-refractivity contribution in [2.45, 2.75) is 4.90 Å². The molecule has 0 radical (unpaired) electrons. The molecule has 0 saturated heterocycles. The van der Waals surface area contributed by atoms with Crippen molar-refractivity contribution >= 4 is 17.7 Å². The Hall–Kier alpha value is -1.10. The fourth-order valence-electron chi connectivity index (χ4n) is 0.784. The van der Waals surface area contributed by atoms with Gasteiger partial charge in [-0.2, -0.15) is 4.39 Å². The highest BCUT2D eigenvalue weighted by atomic mass is 32.2. The molecular weight excluding hydrogens is 181 g/mol. The first kappa shape index (κ1) is 8.99. The summed E-state index contributed by atoms with van der Waals surface area (Å²) in [6.07, 6.45) is 2.93. The molecular formula is C7H6FNO2S. The SMILES string of the molecule is CSc1ccnc(F)c1C(=O)O. The van der Waals surface area contributed by atoms with Crippen LogP contribution in [0.1, 0.15) is 10.4 Å². The topological polar surface area (TPSA) is 50.2 Å². The number of hydrogen-bond donors (Lipinski definition) is 1. The van der Waals surface area contributed by atoms with Crippen molar-refractivity contribution in [3.63, 3.8) is 0 Å². The predicted octanol–water partition coefficient (Wildman–Crippen LogP) is 1.64. The average molecular weight is 187 g/mol. The van der Waals surface area contributed by atoms with Crippen LogP contribution in [0.4, 0.5) is 4.39 Å². The number of carboxylic acid groups (broad SMARTS) is 1. The molecule has 3 nitrogen and oxygen atoms in total. The van der Waals surface area contributed by atoms with E-state index >= 15 is 0 Å². The summed E-state index contributed by atoms with van der Waals surface area (Å²) in [4.78, 5) is 14.1. The van der Waals surface area contributed by atoms with Gasteiger partial charge in [0.25, 0.3) is 0 Å². The number of nitrogens with zero attached hydrogens (tertiary/aromatic N) is 1. The fourth-order valence-corrected chi connectivity index (χ4v) is 1.36. The van der Waals surface area contributed by atoms with Gasteiger partial charge in [0.05, 0.1) is 0 Å². The molecule has 0 bridgehead atoms. The maximum atomic E-state index is 12.8. The summed E-state index contributed by atoms with van der Waals surface area (Å²) in [7, 11) is 0. The molecule has 0 unspecified atom stereocenters. The highest BCUT2D eigenvalue weighted by molar-refractivity contribution is 7.98. The van der Waals surface area contributed by atoms with E-state index in [0.29, 0.717) is 4.90 Å². The summed E-state index contributed by atoms with van der Waals surface area (Å²) in [5.74, 6) is -2.22. The lowest BCUT2D eigenvalue weighted by Crippen LogP contribution is -2.04. The second kappa shape index (κ2) is 3.53. The van der Waals surface area contributed by atoms with E-state index in [2.05, 4.69) is 4.98 Å². The third-order valence-electron chi connectivity index (χ3n) is 1.30. The van der Waals surface area contributed by atoms with E-state index in [1.165, 1.54) is 24.0 Å². The molecule has 12 heavy (non-hydrogen) atoms. The van der Waals surface area contributed by atoms with Crippen LogP contribution < -0.4 is 0 Å². The molecule has 0 amide bonds. The molecule has 64 valence electrons. The van der Waals surface area contributed by atoms with Crippen LogP contribution in [0.3, 0.4) is 0 Å². The van der Waals surface area contributed by atoms with Gasteiger partial charge in [0.2, 0.25) is 5.95 Å². The van der Waals surface area contributed by atoms with E-state index in [9.17, 15) is 9.18 Å². The zero-order chi connectivity index (χ0) is 9.14. The Morgan fingerprint density at radius 2 is 2.42 bits per heavy atom. The molecule has 0 fully saturated rings. The van der Waals surface area contributed by atoms with Gasteiger partial charge in [-0.15, -0.1) is 11.8 Å². The minimum Gasteiger partial charge on any atom is -0.477 e. The molecule has 0 aromatic carbocycles. The number of aromatic nitrogens is 1. The lowest BCUT2D eigenvalue weighted by molar-refractivity contribution is 0.0686. The zero-order valence-electron chi connectivity index (χ0n) is 6.24. The molecule has 0 saturated carbocycles. The number of aromatic carboxylic acids is 1. The smallest absolute Gasteiger partial charge is 0.341 e. The van der Waals surface area contributed by atoms with E-state index in [-0.39, 0.29) is 5.56 Å². The van der Waals surface area contributed by atoms with Crippen LogP contribution in [0.2, 0.25) is 0 Å². The van der Waals surface area contributed by atoms with Crippen molar-refractivity contribution in [3.8, 4) is 0 Å². The molecule has 1 rings (SSSR count). The van der Waals surface area contributed by atoms with Gasteiger partial charge < -0.3 is 5.11 Å². The monoisotopic (exact) mass is 187 g/mol. The van der Waals surface area contributed by atoms with Crippen LogP contribution >= 0.6 is 11.8 Å². The van der Waals surface area contributed by atoms with E-state index in [1.807, 2.05) is 0 Å². The summed E-state index contributed by atoms with van der Waals surface area (Å²) in [5, 5.41) is 8.58. The molecule has 1 heterocycles. The van der Waals surface area contributed by atoms with E-state index in [4.69, 9.17) is 5.11 Å². The van der Waals surface area contributed by atoms with E-state index in [1.54, 1.807) is 6.26 Å². The van der Waals surface area contributed by atoms with Crippen molar-refractivity contribution in [2.24, 2.45) is 0 Å². The van der Waals surface area contributed by atoms with Crippen LogP contribution in [0.25, 0.3) is 0 Å². The Morgan fingerprint density at radius 1 is 1.75 bits per heavy atom. The highest BCUT2D eigenvalue weighted by Crippen LogP contribution is 2.20. The number of carbonyl (C=O) groups is 1. The Labute approximate surface area is 72.6 Å². The van der Waals surface area contributed by atoms with Gasteiger partial charge in [0.1, 0.15) is 5.56 Å². The number of thioether (sulfide) groups is 1. The molecule has 1 aromatic rings. The molecule has 1 aromatic heterocycles. The first-order valence-corrected chi connectivity index (χ1v) is 4.31. The molecule has 5 heteroatoms. The summed E-state index contributed by atoms with van der Waals surface area (Å²) in [6.45, 7) is 0. The van der Waals surface area contributed by atoms with Crippen molar-refractivity contribution in [1.82, 2.24) is 4.98 Å². The second-order valence-electron chi connectivity index (χ2n) is 1.98. The van der Waals surface area contributed by atoms with Gasteiger partial charge in [-0.05, 0) is 12.3 Å². The van der Waals surface area contributed by atoms with Gasteiger partial charge in [0, 0.05) is 11.1 Å². The summed E-state index contributed by atoms with van der Waals surface area (Å²) >= 11 is 1.18. The standard InChI is InChI=1S/C7H6FNO2S/c1-12-4-2-3-9-6(8)5(4)7(10)11/h2-3H,1H3,(H,10,11). The number of pyridine rings is 1. The number of carboxylic acids is 1. The second-order valence-corrected chi connectivity index (χ2v) is 2.83. The van der Waals surface area contributed by atoms with Crippen molar-refractivity contribution in [3.05, 3.63) is 23.8 Å². The Balaban J connectivity index is 3.29. The minimum absolute atomic E-state index is 0.356. The number of hydrogen-bond acceptors (Lipinski definition) is 3. The number of rotatable bonds is 2. The lowest BCUT2D eigenvalue weighted by Gasteiger charge is -2.01. The third-order valence-corrected chi connectivity index (χ3v) is 2.08. The predicted molar refractivity (Wildman–Crippen MR) is 42.9 cm³/mol. The Morgan fingerprint density at radius 3 is 2.83 bits per heavy atom. The number of halogens is 1. The molecule has 1 N–H and O–H groups in total. The van der Waals surface area contributed by atoms with Crippen molar-refractivity contribution < 1.29 is 14.3 Å². The lowest BCUT2D eigenvalue weighted by atomic mass is 10.3. The fraction of sp³-hybridized carbons (Fsp3) is 0.143. The summed E-state index contributed by atoms with van der Waals surface area (Å²) in [5.41, 5.74) is -0.356. The van der Waals surface area contributed by atoms with Crippen LogP contribution in [0.5, 0.6) is 0 Å². The molecule has 0 spiro atoms. The van der Waals surface area contributed by atoms with E-state index < -0.39 is 11.9 Å². The van der Waals surface area contributed by atoms with Gasteiger partial charge >= 0.3 is 5.97 Å². The largest absolute Gasteiger partial charge is 0.477 e. The average Bonchev–Trinajstić information content (AvgIpc) is 2.03. The Kier molecular flexibility index (Phi) is 2.65. The van der Waals surface area contributed by atoms with Crippen LogP contribution in [-0.2, 0) is 0 Å². The maximum absolute atomic E-state index is 12.8. The van der Waals surface area contributed by atoms with Crippen LogP contribution in [0, 0.1) is 5.95 Å².